The third kappa shape index (κ3) is 3.69. The van der Waals surface area contributed by atoms with Crippen molar-refractivity contribution in [3.63, 3.8) is 0 Å². The maximum absolute atomic E-state index is 12.4. The molecule has 0 spiro atoms. The van der Waals surface area contributed by atoms with Gasteiger partial charge in [0.25, 0.3) is 5.91 Å². The molecular formula is C17H27N3O. The number of nitrogens with zero attached hydrogens (tertiary/aromatic N) is 2. The van der Waals surface area contributed by atoms with Gasteiger partial charge in [-0.3, -0.25) is 4.79 Å². The lowest BCUT2D eigenvalue weighted by Crippen LogP contribution is -2.33. The summed E-state index contributed by atoms with van der Waals surface area (Å²) in [4.78, 5) is 16.3. The second-order valence-corrected chi connectivity index (χ2v) is 6.23. The molecule has 0 bridgehead atoms. The van der Waals surface area contributed by atoms with Crippen molar-refractivity contribution in [2.75, 3.05) is 31.8 Å². The number of carbonyl (C=O) groups is 1. The standard InChI is InChI=1S/C17H27N3O/c1-19(2)17(21)15-11-10-13(18)12-16(15)20(3)14-8-6-4-5-7-9-14/h10-12,14H,4-9,18H2,1-3H3. The number of hydrogen-bond donors (Lipinski definition) is 1. The molecule has 116 valence electrons. The van der Waals surface area contributed by atoms with Gasteiger partial charge in [-0.05, 0) is 31.0 Å². The van der Waals surface area contributed by atoms with E-state index in [0.29, 0.717) is 11.7 Å². The fourth-order valence-corrected chi connectivity index (χ4v) is 3.10. The van der Waals surface area contributed by atoms with Crippen LogP contribution in [0.2, 0.25) is 0 Å². The number of nitrogen functional groups attached to an aromatic ring is 1. The van der Waals surface area contributed by atoms with Crippen molar-refractivity contribution in [1.82, 2.24) is 4.90 Å². The molecule has 1 fully saturated rings. The van der Waals surface area contributed by atoms with Crippen molar-refractivity contribution in [1.29, 1.82) is 0 Å². The first-order valence-corrected chi connectivity index (χ1v) is 7.84. The predicted molar refractivity (Wildman–Crippen MR) is 88.8 cm³/mol. The molecule has 4 nitrogen and oxygen atoms in total. The van der Waals surface area contributed by atoms with Gasteiger partial charge >= 0.3 is 0 Å². The molecule has 2 rings (SSSR count). The first-order valence-electron chi connectivity index (χ1n) is 7.84. The van der Waals surface area contributed by atoms with E-state index in [9.17, 15) is 4.79 Å². The Kier molecular flexibility index (Phi) is 5.10. The minimum absolute atomic E-state index is 0.0328. The van der Waals surface area contributed by atoms with Crippen LogP contribution in [-0.2, 0) is 0 Å². The minimum Gasteiger partial charge on any atom is -0.399 e. The average Bonchev–Trinajstić information content (AvgIpc) is 2.74. The van der Waals surface area contributed by atoms with E-state index in [4.69, 9.17) is 5.73 Å². The van der Waals surface area contributed by atoms with E-state index in [-0.39, 0.29) is 5.91 Å². The third-order valence-corrected chi connectivity index (χ3v) is 4.41. The molecule has 0 atom stereocenters. The van der Waals surface area contributed by atoms with E-state index < -0.39 is 0 Å². The minimum atomic E-state index is 0.0328. The molecule has 1 amide bonds. The van der Waals surface area contributed by atoms with Crippen LogP contribution in [0.4, 0.5) is 11.4 Å². The molecule has 0 unspecified atom stereocenters. The Morgan fingerprint density at radius 2 is 1.71 bits per heavy atom. The number of carbonyl (C=O) groups excluding carboxylic acids is 1. The molecule has 21 heavy (non-hydrogen) atoms. The van der Waals surface area contributed by atoms with Crippen LogP contribution in [0.5, 0.6) is 0 Å². The number of anilines is 2. The van der Waals surface area contributed by atoms with Crippen LogP contribution in [0.25, 0.3) is 0 Å². The van der Waals surface area contributed by atoms with Gasteiger partial charge in [0, 0.05) is 32.9 Å². The summed E-state index contributed by atoms with van der Waals surface area (Å²) in [5.74, 6) is 0.0328. The van der Waals surface area contributed by atoms with Crippen molar-refractivity contribution < 1.29 is 4.79 Å². The lowest BCUT2D eigenvalue weighted by atomic mass is 10.0. The summed E-state index contributed by atoms with van der Waals surface area (Å²) < 4.78 is 0. The Balaban J connectivity index is 2.31. The largest absolute Gasteiger partial charge is 0.399 e. The summed E-state index contributed by atoms with van der Waals surface area (Å²) in [7, 11) is 5.67. The van der Waals surface area contributed by atoms with Crippen LogP contribution >= 0.6 is 0 Å². The average molecular weight is 289 g/mol. The van der Waals surface area contributed by atoms with Crippen LogP contribution in [0.3, 0.4) is 0 Å². The summed E-state index contributed by atoms with van der Waals surface area (Å²) in [6.45, 7) is 0. The van der Waals surface area contributed by atoms with E-state index in [1.165, 1.54) is 38.5 Å². The fraction of sp³-hybridized carbons (Fsp3) is 0.588. The van der Waals surface area contributed by atoms with Crippen LogP contribution in [0, 0.1) is 0 Å². The van der Waals surface area contributed by atoms with E-state index in [1.54, 1.807) is 25.1 Å². The van der Waals surface area contributed by atoms with Gasteiger partial charge in [-0.15, -0.1) is 0 Å². The monoisotopic (exact) mass is 289 g/mol. The van der Waals surface area contributed by atoms with Gasteiger partial charge in [0.05, 0.1) is 11.3 Å². The molecule has 1 saturated carbocycles. The van der Waals surface area contributed by atoms with Crippen LogP contribution in [0.1, 0.15) is 48.9 Å². The number of benzene rings is 1. The Morgan fingerprint density at radius 1 is 1.10 bits per heavy atom. The summed E-state index contributed by atoms with van der Waals surface area (Å²) >= 11 is 0. The molecule has 1 aliphatic carbocycles. The van der Waals surface area contributed by atoms with Gasteiger partial charge in [0.15, 0.2) is 0 Å². The van der Waals surface area contributed by atoms with E-state index in [2.05, 4.69) is 11.9 Å². The van der Waals surface area contributed by atoms with Crippen LogP contribution in [-0.4, -0.2) is 38.0 Å². The van der Waals surface area contributed by atoms with E-state index in [0.717, 1.165) is 11.3 Å². The van der Waals surface area contributed by atoms with Crippen molar-refractivity contribution in [2.24, 2.45) is 0 Å². The summed E-state index contributed by atoms with van der Waals surface area (Å²) in [6.07, 6.45) is 7.58. The van der Waals surface area contributed by atoms with Gasteiger partial charge in [0.2, 0.25) is 0 Å². The maximum Gasteiger partial charge on any atom is 0.255 e. The van der Waals surface area contributed by atoms with Gasteiger partial charge in [0.1, 0.15) is 0 Å². The Hall–Kier alpha value is -1.71. The SMILES string of the molecule is CN(C)C(=O)c1ccc(N)cc1N(C)C1CCCCCC1. The molecule has 0 saturated heterocycles. The van der Waals surface area contributed by atoms with Gasteiger partial charge in [-0.2, -0.15) is 0 Å². The molecule has 0 radical (unpaired) electrons. The quantitative estimate of drug-likeness (QED) is 0.687. The van der Waals surface area contributed by atoms with E-state index in [1.807, 2.05) is 12.1 Å². The van der Waals surface area contributed by atoms with Crippen molar-refractivity contribution in [3.05, 3.63) is 23.8 Å². The second kappa shape index (κ2) is 6.83. The van der Waals surface area contributed by atoms with Crippen LogP contribution in [0.15, 0.2) is 18.2 Å². The van der Waals surface area contributed by atoms with Crippen LogP contribution < -0.4 is 10.6 Å². The predicted octanol–water partition coefficient (Wildman–Crippen LogP) is 3.13. The molecule has 1 aromatic rings. The molecule has 1 aliphatic rings. The van der Waals surface area contributed by atoms with Gasteiger partial charge in [-0.25, -0.2) is 0 Å². The molecule has 1 aromatic carbocycles. The number of amides is 1. The fourth-order valence-electron chi connectivity index (χ4n) is 3.10. The van der Waals surface area contributed by atoms with Crippen molar-refractivity contribution in [3.8, 4) is 0 Å². The number of nitrogens with two attached hydrogens (primary N) is 1. The molecule has 4 heteroatoms. The normalized spacial score (nSPS) is 16.3. The zero-order valence-electron chi connectivity index (χ0n) is 13.4. The van der Waals surface area contributed by atoms with Gasteiger partial charge < -0.3 is 15.5 Å². The topological polar surface area (TPSA) is 49.6 Å². The number of rotatable bonds is 3. The third-order valence-electron chi connectivity index (χ3n) is 4.41. The highest BCUT2D eigenvalue weighted by atomic mass is 16.2. The highest BCUT2D eigenvalue weighted by Crippen LogP contribution is 2.30. The maximum atomic E-state index is 12.4. The smallest absolute Gasteiger partial charge is 0.255 e. The zero-order chi connectivity index (χ0) is 15.4. The lowest BCUT2D eigenvalue weighted by Gasteiger charge is -2.31. The summed E-state index contributed by atoms with van der Waals surface area (Å²) in [5, 5.41) is 0. The lowest BCUT2D eigenvalue weighted by molar-refractivity contribution is 0.0828. The van der Waals surface area contributed by atoms with E-state index >= 15 is 0 Å². The van der Waals surface area contributed by atoms with Crippen molar-refractivity contribution >= 4 is 17.3 Å². The molecule has 0 aromatic heterocycles. The Bertz CT molecular complexity index is 491. The molecular weight excluding hydrogens is 262 g/mol. The number of hydrogen-bond acceptors (Lipinski definition) is 3. The molecule has 0 aliphatic heterocycles. The Labute approximate surface area is 127 Å². The highest BCUT2D eigenvalue weighted by molar-refractivity contribution is 6.00. The Morgan fingerprint density at radius 3 is 2.29 bits per heavy atom. The summed E-state index contributed by atoms with van der Waals surface area (Å²) in [5.41, 5.74) is 8.36. The molecule has 2 N–H and O–H groups in total. The van der Waals surface area contributed by atoms with Gasteiger partial charge in [-0.1, -0.05) is 25.7 Å². The second-order valence-electron chi connectivity index (χ2n) is 6.23. The highest BCUT2D eigenvalue weighted by Gasteiger charge is 2.22. The summed E-state index contributed by atoms with van der Waals surface area (Å²) in [6, 6.07) is 6.09. The first-order chi connectivity index (χ1) is 10.0. The first kappa shape index (κ1) is 15.7. The van der Waals surface area contributed by atoms with Crippen molar-refractivity contribution in [2.45, 2.75) is 44.6 Å². The zero-order valence-corrected chi connectivity index (χ0v) is 13.4. The molecule has 0 heterocycles.